The first-order valence-electron chi connectivity index (χ1n) is 6.40. The number of nitrogen functional groups attached to an aromatic ring is 1. The Kier molecular flexibility index (Phi) is 3.57. The van der Waals surface area contributed by atoms with Gasteiger partial charge in [0.15, 0.2) is 0 Å². The molecule has 1 aliphatic heterocycles. The van der Waals surface area contributed by atoms with Gasteiger partial charge in [-0.25, -0.2) is 0 Å². The molecule has 1 aromatic carbocycles. The molecular weight excluding hydrogens is 224 g/mol. The molecule has 0 aromatic heterocycles. The Balaban J connectivity index is 2.14. The van der Waals surface area contributed by atoms with E-state index in [-0.39, 0.29) is 5.84 Å². The SMILES string of the molecule is CC1CN(c2ccc(C(=N)N)cc2)CC(C)N1C. The van der Waals surface area contributed by atoms with Crippen molar-refractivity contribution < 1.29 is 0 Å². The number of amidine groups is 1. The van der Waals surface area contributed by atoms with E-state index in [0.29, 0.717) is 12.1 Å². The second-order valence-corrected chi connectivity index (χ2v) is 5.23. The molecule has 1 aromatic rings. The Morgan fingerprint density at radius 1 is 1.17 bits per heavy atom. The number of piperazine rings is 1. The minimum Gasteiger partial charge on any atom is -0.384 e. The van der Waals surface area contributed by atoms with E-state index in [2.05, 4.69) is 42.8 Å². The van der Waals surface area contributed by atoms with Crippen molar-refractivity contribution in [2.75, 3.05) is 25.0 Å². The van der Waals surface area contributed by atoms with E-state index in [1.807, 2.05) is 12.1 Å². The monoisotopic (exact) mass is 246 g/mol. The highest BCUT2D eigenvalue weighted by Crippen LogP contribution is 2.21. The van der Waals surface area contributed by atoms with Crippen molar-refractivity contribution in [2.24, 2.45) is 5.73 Å². The Bertz CT molecular complexity index is 414. The molecular formula is C14H22N4. The number of anilines is 1. The van der Waals surface area contributed by atoms with Crippen LogP contribution in [0.5, 0.6) is 0 Å². The molecule has 2 rings (SSSR count). The first-order chi connectivity index (χ1) is 8.49. The van der Waals surface area contributed by atoms with Crippen LogP contribution in [0.25, 0.3) is 0 Å². The van der Waals surface area contributed by atoms with Crippen LogP contribution in [0.3, 0.4) is 0 Å². The molecule has 0 aliphatic carbocycles. The molecule has 1 heterocycles. The largest absolute Gasteiger partial charge is 0.384 e. The molecule has 4 heteroatoms. The van der Waals surface area contributed by atoms with Crippen molar-refractivity contribution in [1.82, 2.24) is 4.90 Å². The van der Waals surface area contributed by atoms with Crippen LogP contribution in [0.15, 0.2) is 24.3 Å². The number of nitrogens with one attached hydrogen (secondary N) is 1. The third-order valence-corrected chi connectivity index (χ3v) is 3.90. The van der Waals surface area contributed by atoms with Crippen molar-refractivity contribution in [2.45, 2.75) is 25.9 Å². The second kappa shape index (κ2) is 4.98. The van der Waals surface area contributed by atoms with Gasteiger partial charge in [0.05, 0.1) is 0 Å². The highest BCUT2D eigenvalue weighted by atomic mass is 15.3. The standard InChI is InChI=1S/C14H22N4/c1-10-8-18(9-11(2)17(10)3)13-6-4-12(5-7-13)14(15)16/h4-7,10-11H,8-9H2,1-3H3,(H3,15,16). The first-order valence-corrected chi connectivity index (χ1v) is 6.40. The molecule has 0 radical (unpaired) electrons. The Labute approximate surface area is 109 Å². The van der Waals surface area contributed by atoms with E-state index in [1.165, 1.54) is 5.69 Å². The summed E-state index contributed by atoms with van der Waals surface area (Å²) < 4.78 is 0. The Hall–Kier alpha value is -1.55. The van der Waals surface area contributed by atoms with Gasteiger partial charge in [-0.2, -0.15) is 0 Å². The van der Waals surface area contributed by atoms with Gasteiger partial charge in [-0.3, -0.25) is 10.3 Å². The van der Waals surface area contributed by atoms with Gasteiger partial charge in [-0.1, -0.05) is 0 Å². The summed E-state index contributed by atoms with van der Waals surface area (Å²) in [6, 6.07) is 9.07. The van der Waals surface area contributed by atoms with E-state index in [0.717, 1.165) is 18.7 Å². The number of hydrogen-bond acceptors (Lipinski definition) is 3. The zero-order chi connectivity index (χ0) is 13.3. The van der Waals surface area contributed by atoms with E-state index in [9.17, 15) is 0 Å². The third kappa shape index (κ3) is 2.48. The molecule has 1 saturated heterocycles. The lowest BCUT2D eigenvalue weighted by molar-refractivity contribution is 0.170. The fourth-order valence-corrected chi connectivity index (χ4v) is 2.47. The smallest absolute Gasteiger partial charge is 0.122 e. The van der Waals surface area contributed by atoms with Crippen LogP contribution in [-0.4, -0.2) is 43.0 Å². The minimum absolute atomic E-state index is 0.127. The summed E-state index contributed by atoms with van der Waals surface area (Å²) in [7, 11) is 2.19. The van der Waals surface area contributed by atoms with Crippen molar-refractivity contribution in [3.05, 3.63) is 29.8 Å². The molecule has 3 N–H and O–H groups in total. The van der Waals surface area contributed by atoms with Crippen molar-refractivity contribution >= 4 is 11.5 Å². The molecule has 1 fully saturated rings. The maximum atomic E-state index is 7.40. The van der Waals surface area contributed by atoms with Crippen LogP contribution in [0.2, 0.25) is 0 Å². The minimum atomic E-state index is 0.127. The van der Waals surface area contributed by atoms with Gasteiger partial charge in [-0.15, -0.1) is 0 Å². The summed E-state index contributed by atoms with van der Waals surface area (Å²) in [5.74, 6) is 0.127. The molecule has 0 bridgehead atoms. The molecule has 0 amide bonds. The van der Waals surface area contributed by atoms with Gasteiger partial charge in [0, 0.05) is 36.4 Å². The number of likely N-dealkylation sites (N-methyl/N-ethyl adjacent to an activating group) is 1. The maximum absolute atomic E-state index is 7.40. The Morgan fingerprint density at radius 2 is 1.67 bits per heavy atom. The molecule has 0 spiro atoms. The molecule has 2 atom stereocenters. The molecule has 2 unspecified atom stereocenters. The number of benzene rings is 1. The lowest BCUT2D eigenvalue weighted by Crippen LogP contribution is -2.55. The van der Waals surface area contributed by atoms with Gasteiger partial charge in [-0.05, 0) is 45.2 Å². The fraction of sp³-hybridized carbons (Fsp3) is 0.500. The molecule has 4 nitrogen and oxygen atoms in total. The van der Waals surface area contributed by atoms with E-state index >= 15 is 0 Å². The number of nitrogens with two attached hydrogens (primary N) is 1. The van der Waals surface area contributed by atoms with Crippen molar-refractivity contribution in [1.29, 1.82) is 5.41 Å². The van der Waals surface area contributed by atoms with Crippen LogP contribution >= 0.6 is 0 Å². The quantitative estimate of drug-likeness (QED) is 0.614. The summed E-state index contributed by atoms with van der Waals surface area (Å²) in [5, 5.41) is 7.40. The highest BCUT2D eigenvalue weighted by Gasteiger charge is 2.26. The highest BCUT2D eigenvalue weighted by molar-refractivity contribution is 5.95. The third-order valence-electron chi connectivity index (χ3n) is 3.90. The van der Waals surface area contributed by atoms with Crippen molar-refractivity contribution in [3.63, 3.8) is 0 Å². The van der Waals surface area contributed by atoms with Crippen LogP contribution in [0, 0.1) is 5.41 Å². The fourth-order valence-electron chi connectivity index (χ4n) is 2.47. The average Bonchev–Trinajstić information content (AvgIpc) is 2.35. The molecule has 1 aliphatic rings. The average molecular weight is 246 g/mol. The zero-order valence-corrected chi connectivity index (χ0v) is 11.4. The van der Waals surface area contributed by atoms with Crippen LogP contribution < -0.4 is 10.6 Å². The maximum Gasteiger partial charge on any atom is 0.122 e. The number of hydrogen-bond donors (Lipinski definition) is 2. The van der Waals surface area contributed by atoms with Crippen molar-refractivity contribution in [3.8, 4) is 0 Å². The summed E-state index contributed by atoms with van der Waals surface area (Å²) in [4.78, 5) is 4.82. The number of nitrogens with zero attached hydrogens (tertiary/aromatic N) is 2. The lowest BCUT2D eigenvalue weighted by Gasteiger charge is -2.43. The number of rotatable bonds is 2. The van der Waals surface area contributed by atoms with Crippen LogP contribution in [0.4, 0.5) is 5.69 Å². The second-order valence-electron chi connectivity index (χ2n) is 5.23. The van der Waals surface area contributed by atoms with E-state index < -0.39 is 0 Å². The van der Waals surface area contributed by atoms with Gasteiger partial charge >= 0.3 is 0 Å². The predicted octanol–water partition coefficient (Wildman–Crippen LogP) is 1.50. The lowest BCUT2D eigenvalue weighted by atomic mass is 10.1. The van der Waals surface area contributed by atoms with E-state index in [4.69, 9.17) is 11.1 Å². The van der Waals surface area contributed by atoms with Gasteiger partial charge in [0.1, 0.15) is 5.84 Å². The van der Waals surface area contributed by atoms with Crippen LogP contribution in [0.1, 0.15) is 19.4 Å². The van der Waals surface area contributed by atoms with Gasteiger partial charge < -0.3 is 10.6 Å². The summed E-state index contributed by atoms with van der Waals surface area (Å²) in [6.45, 7) is 6.60. The van der Waals surface area contributed by atoms with Gasteiger partial charge in [0.25, 0.3) is 0 Å². The molecule has 0 saturated carbocycles. The normalized spacial score (nSPS) is 25.2. The molecule has 18 heavy (non-hydrogen) atoms. The zero-order valence-electron chi connectivity index (χ0n) is 11.4. The van der Waals surface area contributed by atoms with Crippen LogP contribution in [-0.2, 0) is 0 Å². The summed E-state index contributed by atoms with van der Waals surface area (Å²) in [6.07, 6.45) is 0. The topological polar surface area (TPSA) is 56.4 Å². The van der Waals surface area contributed by atoms with Gasteiger partial charge in [0.2, 0.25) is 0 Å². The molecule has 98 valence electrons. The van der Waals surface area contributed by atoms with E-state index in [1.54, 1.807) is 0 Å². The predicted molar refractivity (Wildman–Crippen MR) is 76.4 cm³/mol. The Morgan fingerprint density at radius 3 is 2.11 bits per heavy atom. The summed E-state index contributed by atoms with van der Waals surface area (Å²) >= 11 is 0. The summed E-state index contributed by atoms with van der Waals surface area (Å²) in [5.41, 5.74) is 7.47. The first kappa shape index (κ1) is 12.9.